The molecule has 0 aromatic heterocycles. The number of nitrogens with zero attached hydrogens (tertiary/aromatic N) is 1. The second-order valence-electron chi connectivity index (χ2n) is 7.40. The van der Waals surface area contributed by atoms with E-state index in [1.54, 1.807) is 0 Å². The third kappa shape index (κ3) is 3.57. The molecule has 20 heavy (non-hydrogen) atoms. The van der Waals surface area contributed by atoms with Crippen LogP contribution in [0, 0.1) is 5.92 Å². The van der Waals surface area contributed by atoms with E-state index in [2.05, 4.69) is 37.9 Å². The highest BCUT2D eigenvalue weighted by Crippen LogP contribution is 2.34. The molecule has 0 radical (unpaired) electrons. The Labute approximate surface area is 126 Å². The Kier molecular flexibility index (Phi) is 5.92. The van der Waals surface area contributed by atoms with Gasteiger partial charge in [0, 0.05) is 30.7 Å². The molecule has 0 spiro atoms. The van der Waals surface area contributed by atoms with Gasteiger partial charge in [-0.3, -0.25) is 4.90 Å². The Balaban J connectivity index is 2.11. The van der Waals surface area contributed by atoms with Crippen molar-refractivity contribution in [1.29, 1.82) is 0 Å². The van der Waals surface area contributed by atoms with Crippen molar-refractivity contribution in [3.8, 4) is 0 Å². The molecule has 0 amide bonds. The fraction of sp³-hybridized carbons (Fsp3) is 1.00. The maximum Gasteiger partial charge on any atom is 0.0278 e. The van der Waals surface area contributed by atoms with Crippen LogP contribution in [0.1, 0.15) is 79.1 Å². The Morgan fingerprint density at radius 1 is 1.10 bits per heavy atom. The van der Waals surface area contributed by atoms with Gasteiger partial charge in [0.15, 0.2) is 0 Å². The van der Waals surface area contributed by atoms with Crippen LogP contribution >= 0.6 is 0 Å². The molecule has 1 aliphatic heterocycles. The predicted molar refractivity (Wildman–Crippen MR) is 88.1 cm³/mol. The molecule has 0 aromatic rings. The van der Waals surface area contributed by atoms with Crippen LogP contribution in [0.2, 0.25) is 0 Å². The van der Waals surface area contributed by atoms with Crippen molar-refractivity contribution in [1.82, 2.24) is 10.2 Å². The highest BCUT2D eigenvalue weighted by molar-refractivity contribution is 4.98. The third-order valence-electron chi connectivity index (χ3n) is 6.08. The van der Waals surface area contributed by atoms with Crippen LogP contribution in [-0.2, 0) is 0 Å². The molecule has 2 unspecified atom stereocenters. The monoisotopic (exact) mass is 280 g/mol. The summed E-state index contributed by atoms with van der Waals surface area (Å²) < 4.78 is 0. The van der Waals surface area contributed by atoms with Gasteiger partial charge in [0.1, 0.15) is 0 Å². The summed E-state index contributed by atoms with van der Waals surface area (Å²) in [5.41, 5.74) is 0.327. The summed E-state index contributed by atoms with van der Waals surface area (Å²) in [4.78, 5) is 2.90. The third-order valence-corrected chi connectivity index (χ3v) is 6.08. The molecule has 2 atom stereocenters. The maximum absolute atomic E-state index is 3.88. The van der Waals surface area contributed by atoms with Crippen molar-refractivity contribution >= 4 is 0 Å². The average Bonchev–Trinajstić information content (AvgIpc) is 2.50. The summed E-state index contributed by atoms with van der Waals surface area (Å²) in [6, 6.07) is 1.58. The van der Waals surface area contributed by atoms with Crippen LogP contribution in [0.3, 0.4) is 0 Å². The van der Waals surface area contributed by atoms with Crippen LogP contribution in [0.5, 0.6) is 0 Å². The summed E-state index contributed by atoms with van der Waals surface area (Å²) in [6.45, 7) is 12.0. The summed E-state index contributed by atoms with van der Waals surface area (Å²) in [5, 5.41) is 3.88. The van der Waals surface area contributed by atoms with Gasteiger partial charge in [0.2, 0.25) is 0 Å². The summed E-state index contributed by atoms with van der Waals surface area (Å²) in [7, 11) is 0. The van der Waals surface area contributed by atoms with E-state index in [1.807, 2.05) is 0 Å². The molecule has 1 N–H and O–H groups in total. The fourth-order valence-corrected chi connectivity index (χ4v) is 4.40. The summed E-state index contributed by atoms with van der Waals surface area (Å²) >= 11 is 0. The van der Waals surface area contributed by atoms with Gasteiger partial charge in [-0.25, -0.2) is 0 Å². The van der Waals surface area contributed by atoms with E-state index in [-0.39, 0.29) is 0 Å². The topological polar surface area (TPSA) is 15.3 Å². The van der Waals surface area contributed by atoms with Gasteiger partial charge < -0.3 is 5.32 Å². The minimum absolute atomic E-state index is 0.327. The van der Waals surface area contributed by atoms with Crippen molar-refractivity contribution in [3.63, 3.8) is 0 Å². The minimum Gasteiger partial charge on any atom is -0.309 e. The summed E-state index contributed by atoms with van der Waals surface area (Å²) in [5.74, 6) is 0.943. The molecular weight excluding hydrogens is 244 g/mol. The number of piperazine rings is 1. The maximum atomic E-state index is 3.88. The van der Waals surface area contributed by atoms with Gasteiger partial charge in [0.05, 0.1) is 0 Å². The average molecular weight is 281 g/mol. The Morgan fingerprint density at radius 2 is 1.75 bits per heavy atom. The predicted octanol–water partition coefficient (Wildman–Crippen LogP) is 4.20. The minimum atomic E-state index is 0.327. The molecule has 118 valence electrons. The van der Waals surface area contributed by atoms with Crippen LogP contribution < -0.4 is 5.32 Å². The molecular formula is C18H36N2. The molecule has 0 aromatic carbocycles. The first kappa shape index (κ1) is 16.3. The summed E-state index contributed by atoms with van der Waals surface area (Å²) in [6.07, 6.45) is 11.2. The van der Waals surface area contributed by atoms with E-state index in [9.17, 15) is 0 Å². The Morgan fingerprint density at radius 3 is 2.30 bits per heavy atom. The molecule has 1 aliphatic carbocycles. The molecule has 2 nitrogen and oxygen atoms in total. The van der Waals surface area contributed by atoms with Gasteiger partial charge >= 0.3 is 0 Å². The molecule has 2 aliphatic rings. The lowest BCUT2D eigenvalue weighted by Gasteiger charge is -2.52. The first-order valence-corrected chi connectivity index (χ1v) is 9.14. The van der Waals surface area contributed by atoms with Gasteiger partial charge in [-0.2, -0.15) is 0 Å². The van der Waals surface area contributed by atoms with Crippen LogP contribution in [0.15, 0.2) is 0 Å². The van der Waals surface area contributed by atoms with Crippen LogP contribution in [-0.4, -0.2) is 35.6 Å². The van der Waals surface area contributed by atoms with Crippen LogP contribution in [0.4, 0.5) is 0 Å². The lowest BCUT2D eigenvalue weighted by Crippen LogP contribution is -2.66. The normalized spacial score (nSPS) is 33.8. The van der Waals surface area contributed by atoms with Crippen molar-refractivity contribution in [2.45, 2.75) is 96.7 Å². The van der Waals surface area contributed by atoms with Crippen molar-refractivity contribution < 1.29 is 0 Å². The van der Waals surface area contributed by atoms with E-state index in [1.165, 1.54) is 64.5 Å². The molecule has 2 rings (SSSR count). The Bertz CT molecular complexity index is 281. The zero-order valence-corrected chi connectivity index (χ0v) is 14.3. The second kappa shape index (κ2) is 7.26. The van der Waals surface area contributed by atoms with Gasteiger partial charge in [0.25, 0.3) is 0 Å². The number of hydrogen-bond donors (Lipinski definition) is 1. The van der Waals surface area contributed by atoms with Gasteiger partial charge in [-0.05, 0) is 44.9 Å². The van der Waals surface area contributed by atoms with Gasteiger partial charge in [-0.1, -0.05) is 40.0 Å². The van der Waals surface area contributed by atoms with E-state index >= 15 is 0 Å². The fourth-order valence-electron chi connectivity index (χ4n) is 4.40. The number of rotatable bonds is 5. The quantitative estimate of drug-likeness (QED) is 0.812. The number of hydrogen-bond acceptors (Lipinski definition) is 2. The van der Waals surface area contributed by atoms with Crippen LogP contribution in [0.25, 0.3) is 0 Å². The lowest BCUT2D eigenvalue weighted by atomic mass is 9.79. The molecule has 2 fully saturated rings. The molecule has 1 saturated carbocycles. The standard InChI is InChI=1S/C18H36N2/c1-5-16(6-2)20-14-18(4,7-3)19-13-17(20)15-11-9-8-10-12-15/h15-17,19H,5-14H2,1-4H3. The van der Waals surface area contributed by atoms with E-state index in [4.69, 9.17) is 0 Å². The van der Waals surface area contributed by atoms with E-state index < -0.39 is 0 Å². The molecule has 1 heterocycles. The first-order chi connectivity index (χ1) is 9.63. The molecule has 1 saturated heterocycles. The SMILES string of the molecule is CCC(CC)N1CC(C)(CC)NCC1C1CCCCC1. The van der Waals surface area contributed by atoms with Crippen molar-refractivity contribution in [2.24, 2.45) is 5.92 Å². The largest absolute Gasteiger partial charge is 0.309 e. The van der Waals surface area contributed by atoms with Crippen molar-refractivity contribution in [2.75, 3.05) is 13.1 Å². The number of nitrogens with one attached hydrogen (secondary N) is 1. The Hall–Kier alpha value is -0.0800. The second-order valence-corrected chi connectivity index (χ2v) is 7.40. The zero-order chi connectivity index (χ0) is 14.6. The highest BCUT2D eigenvalue weighted by atomic mass is 15.3. The van der Waals surface area contributed by atoms with Gasteiger partial charge in [-0.15, -0.1) is 0 Å². The van der Waals surface area contributed by atoms with Crippen molar-refractivity contribution in [3.05, 3.63) is 0 Å². The zero-order valence-electron chi connectivity index (χ0n) is 14.3. The van der Waals surface area contributed by atoms with E-state index in [0.29, 0.717) is 5.54 Å². The highest BCUT2D eigenvalue weighted by Gasteiger charge is 2.40. The van der Waals surface area contributed by atoms with E-state index in [0.717, 1.165) is 18.0 Å². The molecule has 2 heteroatoms. The molecule has 0 bridgehead atoms. The first-order valence-electron chi connectivity index (χ1n) is 9.14. The lowest BCUT2D eigenvalue weighted by molar-refractivity contribution is 0.00589. The smallest absolute Gasteiger partial charge is 0.0278 e.